The summed E-state index contributed by atoms with van der Waals surface area (Å²) in [7, 11) is 1.68. The minimum Gasteiger partial charge on any atom is -0.496 e. The number of hydrogen-bond donors (Lipinski definition) is 2. The lowest BCUT2D eigenvalue weighted by atomic mass is 10.2. The molecule has 0 radical (unpaired) electrons. The van der Waals surface area contributed by atoms with Gasteiger partial charge in [-0.25, -0.2) is 4.99 Å². The van der Waals surface area contributed by atoms with Crippen LogP contribution in [0.4, 0.5) is 0 Å². The fraction of sp³-hybridized carbons (Fsp3) is 0.611. The van der Waals surface area contributed by atoms with E-state index < -0.39 is 0 Å². The Balaban J connectivity index is 0.00000312. The normalized spacial score (nSPS) is 14.0. The number of ether oxygens (including phenoxy) is 2. The van der Waals surface area contributed by atoms with Gasteiger partial charge in [0.2, 0.25) is 0 Å². The van der Waals surface area contributed by atoms with Crippen molar-refractivity contribution in [2.24, 2.45) is 10.9 Å². The molecule has 1 aromatic carbocycles. The molecule has 0 unspecified atom stereocenters. The second-order valence-corrected chi connectivity index (χ2v) is 6.87. The number of hydrogen-bond acceptors (Lipinski definition) is 3. The second kappa shape index (κ2) is 12.8. The van der Waals surface area contributed by atoms with Crippen LogP contribution in [0.2, 0.25) is 0 Å². The first-order valence-electron chi connectivity index (χ1n) is 8.65. The average Bonchev–Trinajstić information content (AvgIpc) is 3.40. The molecule has 0 aromatic heterocycles. The first kappa shape index (κ1) is 22.5. The SMILES string of the molecule is CCNC(=NCc1cc(Br)ccc1OC)NCCCOCC1CC1.I. The molecular formula is C18H29BrIN3O2. The van der Waals surface area contributed by atoms with Crippen LogP contribution in [-0.4, -0.2) is 39.4 Å². The summed E-state index contributed by atoms with van der Waals surface area (Å²) in [5, 5.41) is 6.62. The molecule has 0 heterocycles. The molecule has 0 atom stereocenters. The van der Waals surface area contributed by atoms with Crippen LogP contribution >= 0.6 is 39.9 Å². The zero-order valence-corrected chi connectivity index (χ0v) is 18.9. The molecule has 142 valence electrons. The van der Waals surface area contributed by atoms with Gasteiger partial charge in [0.25, 0.3) is 0 Å². The molecule has 7 heteroatoms. The lowest BCUT2D eigenvalue weighted by molar-refractivity contribution is 0.123. The smallest absolute Gasteiger partial charge is 0.191 e. The van der Waals surface area contributed by atoms with E-state index in [9.17, 15) is 0 Å². The minimum atomic E-state index is 0. The highest BCUT2D eigenvalue weighted by Crippen LogP contribution is 2.28. The molecule has 2 rings (SSSR count). The Hall–Kier alpha value is -0.540. The van der Waals surface area contributed by atoms with Gasteiger partial charge in [0.15, 0.2) is 5.96 Å². The largest absolute Gasteiger partial charge is 0.496 e. The summed E-state index contributed by atoms with van der Waals surface area (Å²) < 4.78 is 12.1. The topological polar surface area (TPSA) is 54.9 Å². The number of guanidine groups is 1. The van der Waals surface area contributed by atoms with Gasteiger partial charge in [-0.05, 0) is 50.3 Å². The van der Waals surface area contributed by atoms with Gasteiger partial charge in [-0.3, -0.25) is 0 Å². The van der Waals surface area contributed by atoms with Gasteiger partial charge in [0.1, 0.15) is 5.75 Å². The second-order valence-electron chi connectivity index (χ2n) is 5.95. The zero-order valence-electron chi connectivity index (χ0n) is 15.0. The van der Waals surface area contributed by atoms with Crippen molar-refractivity contribution >= 4 is 45.9 Å². The highest BCUT2D eigenvalue weighted by molar-refractivity contribution is 14.0. The van der Waals surface area contributed by atoms with Crippen LogP contribution in [0.5, 0.6) is 5.75 Å². The third-order valence-corrected chi connectivity index (χ3v) is 4.30. The number of methoxy groups -OCH3 is 1. The summed E-state index contributed by atoms with van der Waals surface area (Å²) in [5.74, 6) is 2.50. The van der Waals surface area contributed by atoms with Gasteiger partial charge < -0.3 is 20.1 Å². The average molecular weight is 526 g/mol. The maximum absolute atomic E-state index is 5.65. The molecule has 2 N–H and O–H groups in total. The number of aliphatic imine (C=N–C) groups is 1. The molecule has 0 amide bonds. The van der Waals surface area contributed by atoms with Crippen LogP contribution in [0, 0.1) is 5.92 Å². The van der Waals surface area contributed by atoms with Crippen molar-refractivity contribution in [3.63, 3.8) is 0 Å². The number of rotatable bonds is 10. The minimum absolute atomic E-state index is 0. The lowest BCUT2D eigenvalue weighted by Gasteiger charge is -2.12. The van der Waals surface area contributed by atoms with E-state index in [2.05, 4.69) is 38.5 Å². The third-order valence-electron chi connectivity index (χ3n) is 3.80. The van der Waals surface area contributed by atoms with Gasteiger partial charge in [-0.15, -0.1) is 24.0 Å². The predicted octanol–water partition coefficient (Wildman–Crippen LogP) is 3.95. The van der Waals surface area contributed by atoms with E-state index >= 15 is 0 Å². The molecule has 1 saturated carbocycles. The molecule has 1 aliphatic carbocycles. The molecule has 0 bridgehead atoms. The number of halogens is 2. The Morgan fingerprint density at radius 1 is 1.32 bits per heavy atom. The van der Waals surface area contributed by atoms with Crippen LogP contribution in [0.3, 0.4) is 0 Å². The number of benzene rings is 1. The summed E-state index contributed by atoms with van der Waals surface area (Å²) >= 11 is 3.49. The number of nitrogens with one attached hydrogen (secondary N) is 2. The highest BCUT2D eigenvalue weighted by atomic mass is 127. The Bertz CT molecular complexity index is 539. The Morgan fingerprint density at radius 3 is 2.80 bits per heavy atom. The fourth-order valence-electron chi connectivity index (χ4n) is 2.29. The quantitative estimate of drug-likeness (QED) is 0.210. The molecule has 1 aromatic rings. The summed E-state index contributed by atoms with van der Waals surface area (Å²) in [6.45, 7) is 6.05. The summed E-state index contributed by atoms with van der Waals surface area (Å²) in [6, 6.07) is 5.96. The van der Waals surface area contributed by atoms with Gasteiger partial charge in [0.05, 0.1) is 13.7 Å². The maximum atomic E-state index is 5.65. The van der Waals surface area contributed by atoms with E-state index in [1.165, 1.54) is 12.8 Å². The third kappa shape index (κ3) is 9.10. The van der Waals surface area contributed by atoms with E-state index in [1.807, 2.05) is 18.2 Å². The number of nitrogens with zero attached hydrogens (tertiary/aromatic N) is 1. The summed E-state index contributed by atoms with van der Waals surface area (Å²) in [6.07, 6.45) is 3.67. The van der Waals surface area contributed by atoms with Gasteiger partial charge in [-0.2, -0.15) is 0 Å². The molecule has 0 spiro atoms. The highest BCUT2D eigenvalue weighted by Gasteiger charge is 2.20. The molecule has 0 saturated heterocycles. The van der Waals surface area contributed by atoms with Crippen molar-refractivity contribution in [1.29, 1.82) is 0 Å². The van der Waals surface area contributed by atoms with E-state index in [1.54, 1.807) is 7.11 Å². The molecule has 1 fully saturated rings. The molecular weight excluding hydrogens is 497 g/mol. The van der Waals surface area contributed by atoms with Crippen LogP contribution in [0.15, 0.2) is 27.7 Å². The summed E-state index contributed by atoms with van der Waals surface area (Å²) in [5.41, 5.74) is 1.05. The van der Waals surface area contributed by atoms with E-state index in [-0.39, 0.29) is 24.0 Å². The van der Waals surface area contributed by atoms with E-state index in [0.717, 1.165) is 60.4 Å². The van der Waals surface area contributed by atoms with Gasteiger partial charge >= 0.3 is 0 Å². The van der Waals surface area contributed by atoms with Gasteiger partial charge in [-0.1, -0.05) is 15.9 Å². The first-order valence-corrected chi connectivity index (χ1v) is 9.44. The Labute approximate surface area is 176 Å². The van der Waals surface area contributed by atoms with Crippen molar-refractivity contribution < 1.29 is 9.47 Å². The van der Waals surface area contributed by atoms with Crippen molar-refractivity contribution in [2.75, 3.05) is 33.4 Å². The van der Waals surface area contributed by atoms with E-state index in [4.69, 9.17) is 9.47 Å². The zero-order chi connectivity index (χ0) is 17.2. The van der Waals surface area contributed by atoms with Crippen molar-refractivity contribution in [1.82, 2.24) is 10.6 Å². The van der Waals surface area contributed by atoms with Gasteiger partial charge in [0, 0.05) is 36.3 Å². The van der Waals surface area contributed by atoms with Crippen molar-refractivity contribution in [3.05, 3.63) is 28.2 Å². The Kier molecular flexibility index (Phi) is 11.5. The molecule has 5 nitrogen and oxygen atoms in total. The predicted molar refractivity (Wildman–Crippen MR) is 117 cm³/mol. The monoisotopic (exact) mass is 525 g/mol. The lowest BCUT2D eigenvalue weighted by Crippen LogP contribution is -2.38. The van der Waals surface area contributed by atoms with Crippen LogP contribution < -0.4 is 15.4 Å². The van der Waals surface area contributed by atoms with Crippen LogP contribution in [0.1, 0.15) is 31.7 Å². The molecule has 1 aliphatic rings. The Morgan fingerprint density at radius 2 is 2.12 bits per heavy atom. The van der Waals surface area contributed by atoms with Crippen molar-refractivity contribution in [2.45, 2.75) is 32.7 Å². The van der Waals surface area contributed by atoms with Crippen LogP contribution in [0.25, 0.3) is 0 Å². The van der Waals surface area contributed by atoms with Crippen molar-refractivity contribution in [3.8, 4) is 5.75 Å². The molecule has 25 heavy (non-hydrogen) atoms. The molecule has 0 aliphatic heterocycles. The first-order chi connectivity index (χ1) is 11.7. The summed E-state index contributed by atoms with van der Waals surface area (Å²) in [4.78, 5) is 4.64. The van der Waals surface area contributed by atoms with E-state index in [0.29, 0.717) is 6.54 Å². The standard InChI is InChI=1S/C18H28BrN3O2.HI/c1-3-20-18(21-9-4-10-24-13-14-5-6-14)22-12-15-11-16(19)7-8-17(15)23-2;/h7-8,11,14H,3-6,9-10,12-13H2,1-2H3,(H2,20,21,22);1H. The maximum Gasteiger partial charge on any atom is 0.191 e. The fourth-order valence-corrected chi connectivity index (χ4v) is 2.70. The van der Waals surface area contributed by atoms with Crippen LogP contribution in [-0.2, 0) is 11.3 Å².